The fourth-order valence-corrected chi connectivity index (χ4v) is 4.49. The molecule has 0 spiro atoms. The van der Waals surface area contributed by atoms with Crippen molar-refractivity contribution in [1.82, 2.24) is 0 Å². The average Bonchev–Trinajstić information content (AvgIpc) is 2.52. The molecule has 9 heteroatoms. The fourth-order valence-electron chi connectivity index (χ4n) is 3.09. The maximum atomic E-state index is 12.3. The van der Waals surface area contributed by atoms with Gasteiger partial charge in [-0.3, -0.25) is 0 Å². The molecular formula is C15H17F3O5S. The molecule has 0 saturated heterocycles. The maximum absolute atomic E-state index is 12.3. The summed E-state index contributed by atoms with van der Waals surface area (Å²) >= 11 is 0. The van der Waals surface area contributed by atoms with Crippen molar-refractivity contribution in [3.63, 3.8) is 0 Å². The van der Waals surface area contributed by atoms with Crippen LogP contribution in [0.5, 0.6) is 5.75 Å². The van der Waals surface area contributed by atoms with Gasteiger partial charge in [-0.25, -0.2) is 4.79 Å². The second kappa shape index (κ2) is 7.42. The maximum Gasteiger partial charge on any atom is 0.379 e. The molecule has 1 saturated carbocycles. The van der Waals surface area contributed by atoms with Crippen LogP contribution in [-0.4, -0.2) is 33.4 Å². The first kappa shape index (κ1) is 18.6. The van der Waals surface area contributed by atoms with Crippen molar-refractivity contribution in [2.45, 2.75) is 43.5 Å². The van der Waals surface area contributed by atoms with Gasteiger partial charge in [0.15, 0.2) is 5.75 Å². The van der Waals surface area contributed by atoms with Crippen LogP contribution in [0.4, 0.5) is 13.2 Å². The summed E-state index contributed by atoms with van der Waals surface area (Å²) in [5.74, 6) is -0.163. The van der Waals surface area contributed by atoms with Crippen molar-refractivity contribution in [3.8, 4) is 5.75 Å². The molecule has 1 aromatic carbocycles. The number of hydrogen-bond donors (Lipinski definition) is 0. The number of halogens is 3. The Morgan fingerprint density at radius 1 is 1.21 bits per heavy atom. The van der Waals surface area contributed by atoms with Crippen LogP contribution in [0.3, 0.4) is 0 Å². The SMILES string of the molecule is COC(=O)c1cccc2c1OS(=O)(=O)C1CCC2CC1.FC(F)F. The minimum absolute atomic E-state index is 0.161. The summed E-state index contributed by atoms with van der Waals surface area (Å²) in [5.41, 5.74) is 0.982. The average molecular weight is 366 g/mol. The van der Waals surface area contributed by atoms with Gasteiger partial charge < -0.3 is 8.92 Å². The predicted molar refractivity (Wildman–Crippen MR) is 79.4 cm³/mol. The molecule has 2 bridgehead atoms. The van der Waals surface area contributed by atoms with Crippen molar-refractivity contribution in [2.24, 2.45) is 0 Å². The Kier molecular flexibility index (Phi) is 5.74. The van der Waals surface area contributed by atoms with Gasteiger partial charge in [-0.05, 0) is 43.2 Å². The van der Waals surface area contributed by atoms with E-state index in [4.69, 9.17) is 8.92 Å². The third-order valence-corrected chi connectivity index (χ3v) is 5.86. The van der Waals surface area contributed by atoms with E-state index in [1.165, 1.54) is 13.2 Å². The number of benzene rings is 1. The molecule has 0 atom stereocenters. The second-order valence-electron chi connectivity index (χ2n) is 5.51. The van der Waals surface area contributed by atoms with Gasteiger partial charge in [-0.2, -0.15) is 21.6 Å². The zero-order valence-electron chi connectivity index (χ0n) is 12.9. The number of rotatable bonds is 1. The van der Waals surface area contributed by atoms with Crippen molar-refractivity contribution in [1.29, 1.82) is 0 Å². The molecule has 2 heterocycles. The predicted octanol–water partition coefficient (Wildman–Crippen LogP) is 3.40. The first-order valence-corrected chi connectivity index (χ1v) is 8.80. The van der Waals surface area contributed by atoms with Crippen LogP contribution in [0.15, 0.2) is 18.2 Å². The van der Waals surface area contributed by atoms with Crippen molar-refractivity contribution in [2.75, 3.05) is 7.11 Å². The highest BCUT2D eigenvalue weighted by atomic mass is 32.2. The molecule has 1 aromatic rings. The summed E-state index contributed by atoms with van der Waals surface area (Å²) in [4.78, 5) is 11.8. The van der Waals surface area contributed by atoms with Gasteiger partial charge in [0.05, 0.1) is 12.4 Å². The van der Waals surface area contributed by atoms with Crippen LogP contribution < -0.4 is 4.18 Å². The molecule has 24 heavy (non-hydrogen) atoms. The van der Waals surface area contributed by atoms with Gasteiger partial charge >= 0.3 is 22.8 Å². The Morgan fingerprint density at radius 2 is 1.79 bits per heavy atom. The van der Waals surface area contributed by atoms with E-state index >= 15 is 0 Å². The summed E-state index contributed by atoms with van der Waals surface area (Å²) in [6.07, 6.45) is 2.86. The molecule has 3 aliphatic rings. The molecule has 0 N–H and O–H groups in total. The standard InChI is InChI=1S/C14H16O5S.CHF3/c1-18-14(15)12-4-2-3-11-9-5-7-10(8-6-9)20(16,17)19-13(11)12;2-1(3)4/h2-4,9-10H,5-8H2,1H3;1H. The lowest BCUT2D eigenvalue weighted by molar-refractivity contribution is 0.00817. The van der Waals surface area contributed by atoms with Crippen molar-refractivity contribution < 1.29 is 35.3 Å². The quantitative estimate of drug-likeness (QED) is 0.563. The van der Waals surface area contributed by atoms with Crippen LogP contribution in [0, 0.1) is 0 Å². The Bertz CT molecular complexity index is 694. The second-order valence-corrected chi connectivity index (χ2v) is 7.33. The number of carbonyl (C=O) groups is 1. The minimum atomic E-state index is -3.68. The molecule has 2 aliphatic heterocycles. The number of esters is 1. The zero-order chi connectivity index (χ0) is 17.9. The number of carbonyl (C=O) groups excluding carboxylic acids is 1. The zero-order valence-corrected chi connectivity index (χ0v) is 13.7. The van der Waals surface area contributed by atoms with Crippen molar-refractivity contribution >= 4 is 16.1 Å². The lowest BCUT2D eigenvalue weighted by atomic mass is 9.82. The number of hydrogen-bond acceptors (Lipinski definition) is 5. The smallest absolute Gasteiger partial charge is 0.379 e. The van der Waals surface area contributed by atoms with E-state index in [0.717, 1.165) is 18.4 Å². The summed E-state index contributed by atoms with van der Waals surface area (Å²) in [6.45, 7) is -3.67. The van der Waals surface area contributed by atoms with E-state index in [1.54, 1.807) is 6.07 Å². The topological polar surface area (TPSA) is 69.7 Å². The van der Waals surface area contributed by atoms with Gasteiger partial charge in [-0.1, -0.05) is 12.1 Å². The van der Waals surface area contributed by atoms with Crippen LogP contribution in [0.2, 0.25) is 0 Å². The van der Waals surface area contributed by atoms with Gasteiger partial charge in [0.2, 0.25) is 0 Å². The number of methoxy groups -OCH3 is 1. The molecule has 0 unspecified atom stereocenters. The van der Waals surface area contributed by atoms with E-state index in [9.17, 15) is 26.4 Å². The van der Waals surface area contributed by atoms with E-state index in [2.05, 4.69) is 0 Å². The first-order valence-electron chi connectivity index (χ1n) is 7.33. The van der Waals surface area contributed by atoms with E-state index in [1.807, 2.05) is 6.07 Å². The molecule has 0 amide bonds. The molecule has 0 aromatic heterocycles. The molecule has 5 nitrogen and oxygen atoms in total. The van der Waals surface area contributed by atoms with E-state index in [0.29, 0.717) is 12.8 Å². The van der Waals surface area contributed by atoms with Crippen molar-refractivity contribution in [3.05, 3.63) is 29.3 Å². The Balaban J connectivity index is 0.000000471. The van der Waals surface area contributed by atoms with Crippen LogP contribution in [0.1, 0.15) is 47.5 Å². The van der Waals surface area contributed by atoms with Gasteiger partial charge in [0.1, 0.15) is 5.56 Å². The molecule has 1 aliphatic carbocycles. The normalized spacial score (nSPS) is 23.9. The molecule has 4 rings (SSSR count). The molecule has 134 valence electrons. The fraction of sp³-hybridized carbons (Fsp3) is 0.533. The van der Waals surface area contributed by atoms with Gasteiger partial charge in [-0.15, -0.1) is 0 Å². The van der Waals surface area contributed by atoms with Gasteiger partial charge in [0.25, 0.3) is 0 Å². The largest absolute Gasteiger partial charge is 0.465 e. The summed E-state index contributed by atoms with van der Waals surface area (Å²) in [7, 11) is -2.41. The third kappa shape index (κ3) is 4.00. The summed E-state index contributed by atoms with van der Waals surface area (Å²) in [5, 5.41) is -0.461. The number of ether oxygens (including phenoxy) is 1. The van der Waals surface area contributed by atoms with Crippen LogP contribution >= 0.6 is 0 Å². The number of alkyl halides is 3. The molecular weight excluding hydrogens is 349 g/mol. The number of fused-ring (bicyclic) bond motifs is 3. The highest BCUT2D eigenvalue weighted by Gasteiger charge is 2.39. The van der Waals surface area contributed by atoms with Crippen LogP contribution in [-0.2, 0) is 14.9 Å². The summed E-state index contributed by atoms with van der Waals surface area (Å²) < 4.78 is 63.5. The molecule has 1 fully saturated rings. The Labute approximate surface area is 137 Å². The van der Waals surface area contributed by atoms with Crippen LogP contribution in [0.25, 0.3) is 0 Å². The third-order valence-electron chi connectivity index (χ3n) is 4.17. The highest BCUT2D eigenvalue weighted by molar-refractivity contribution is 7.87. The lowest BCUT2D eigenvalue weighted by Gasteiger charge is -2.33. The van der Waals surface area contributed by atoms with Gasteiger partial charge in [0, 0.05) is 0 Å². The minimum Gasteiger partial charge on any atom is -0.465 e. The first-order chi connectivity index (χ1) is 11.3. The van der Waals surface area contributed by atoms with E-state index < -0.39 is 28.0 Å². The Hall–Kier alpha value is -1.77. The lowest BCUT2D eigenvalue weighted by Crippen LogP contribution is -2.33. The monoisotopic (exact) mass is 366 g/mol. The van der Waals surface area contributed by atoms with E-state index in [-0.39, 0.29) is 17.2 Å². The number of para-hydroxylation sites is 1. The summed E-state index contributed by atoms with van der Waals surface area (Å²) in [6, 6.07) is 5.12. The highest BCUT2D eigenvalue weighted by Crippen LogP contribution is 2.44. The Morgan fingerprint density at radius 3 is 2.33 bits per heavy atom. The molecule has 0 radical (unpaired) electrons.